The molecule has 0 heterocycles. The Morgan fingerprint density at radius 2 is 1.53 bits per heavy atom. The Bertz CT molecular complexity index is 448. The number of aromatic hydroxyl groups is 1. The minimum atomic E-state index is -0.0678. The van der Waals surface area contributed by atoms with E-state index in [1.165, 1.54) is 0 Å². The van der Waals surface area contributed by atoms with Gasteiger partial charge in [0.1, 0.15) is 11.9 Å². The highest BCUT2D eigenvalue weighted by atomic mass is 16.5. The zero-order valence-electron chi connectivity index (χ0n) is 9.84. The van der Waals surface area contributed by atoms with Gasteiger partial charge in [-0.25, -0.2) is 0 Å². The molecule has 17 heavy (non-hydrogen) atoms. The van der Waals surface area contributed by atoms with E-state index in [2.05, 4.69) is 0 Å². The van der Waals surface area contributed by atoms with Gasteiger partial charge in [-0.05, 0) is 30.2 Å². The number of rotatable bonds is 4. The lowest BCUT2D eigenvalue weighted by atomic mass is 10.0. The van der Waals surface area contributed by atoms with E-state index in [4.69, 9.17) is 4.74 Å². The second-order valence-electron chi connectivity index (χ2n) is 3.84. The molecule has 0 fully saturated rings. The number of phenols is 1. The topological polar surface area (TPSA) is 29.5 Å². The van der Waals surface area contributed by atoms with E-state index in [0.29, 0.717) is 6.61 Å². The van der Waals surface area contributed by atoms with E-state index >= 15 is 0 Å². The molecule has 1 unspecified atom stereocenters. The average molecular weight is 228 g/mol. The lowest BCUT2D eigenvalue weighted by molar-refractivity contribution is 0.0913. The Labute approximate surface area is 101 Å². The van der Waals surface area contributed by atoms with Crippen molar-refractivity contribution in [1.82, 2.24) is 0 Å². The molecule has 2 rings (SSSR count). The highest BCUT2D eigenvalue weighted by Gasteiger charge is 2.13. The van der Waals surface area contributed by atoms with E-state index < -0.39 is 0 Å². The highest BCUT2D eigenvalue weighted by Crippen LogP contribution is 2.26. The summed E-state index contributed by atoms with van der Waals surface area (Å²) in [6.45, 7) is 2.64. The fraction of sp³-hybridized carbons (Fsp3) is 0.200. The third kappa shape index (κ3) is 2.86. The van der Waals surface area contributed by atoms with Crippen LogP contribution >= 0.6 is 0 Å². The molecule has 0 amide bonds. The standard InChI is InChI=1S/C15H16O2/c1-2-17-15(12-6-4-3-5-7-12)13-8-10-14(16)11-9-13/h3-11,15-16H,2H2,1H3. The Kier molecular flexibility index (Phi) is 3.78. The van der Waals surface area contributed by atoms with Crippen LogP contribution in [0.25, 0.3) is 0 Å². The van der Waals surface area contributed by atoms with Crippen molar-refractivity contribution in [2.75, 3.05) is 6.61 Å². The van der Waals surface area contributed by atoms with E-state index in [-0.39, 0.29) is 11.9 Å². The first-order valence-electron chi connectivity index (χ1n) is 5.76. The molecule has 2 aromatic rings. The van der Waals surface area contributed by atoms with Gasteiger partial charge in [0.2, 0.25) is 0 Å². The van der Waals surface area contributed by atoms with E-state index in [0.717, 1.165) is 11.1 Å². The van der Waals surface area contributed by atoms with Gasteiger partial charge in [0.05, 0.1) is 0 Å². The van der Waals surface area contributed by atoms with Crippen LogP contribution in [0.2, 0.25) is 0 Å². The maximum atomic E-state index is 9.30. The Morgan fingerprint density at radius 3 is 2.12 bits per heavy atom. The van der Waals surface area contributed by atoms with Crippen LogP contribution in [-0.2, 0) is 4.74 Å². The second kappa shape index (κ2) is 5.51. The molecule has 0 aliphatic rings. The van der Waals surface area contributed by atoms with Gasteiger partial charge >= 0.3 is 0 Å². The molecule has 2 aromatic carbocycles. The summed E-state index contributed by atoms with van der Waals surface area (Å²) >= 11 is 0. The van der Waals surface area contributed by atoms with Gasteiger partial charge in [0.25, 0.3) is 0 Å². The SMILES string of the molecule is CCOC(c1ccccc1)c1ccc(O)cc1. The minimum Gasteiger partial charge on any atom is -0.508 e. The molecule has 1 N–H and O–H groups in total. The Hall–Kier alpha value is -1.80. The number of hydrogen-bond donors (Lipinski definition) is 1. The van der Waals surface area contributed by atoms with E-state index in [9.17, 15) is 5.11 Å². The lowest BCUT2D eigenvalue weighted by Gasteiger charge is -2.18. The summed E-state index contributed by atoms with van der Waals surface area (Å²) in [5, 5.41) is 9.30. The molecule has 0 aliphatic heterocycles. The number of hydrogen-bond acceptors (Lipinski definition) is 2. The molecule has 0 saturated carbocycles. The fourth-order valence-corrected chi connectivity index (χ4v) is 1.83. The van der Waals surface area contributed by atoms with Gasteiger partial charge in [-0.3, -0.25) is 0 Å². The first-order valence-corrected chi connectivity index (χ1v) is 5.76. The number of benzene rings is 2. The zero-order valence-corrected chi connectivity index (χ0v) is 9.84. The van der Waals surface area contributed by atoms with E-state index in [1.54, 1.807) is 12.1 Å². The second-order valence-corrected chi connectivity index (χ2v) is 3.84. The molecular formula is C15H16O2. The zero-order chi connectivity index (χ0) is 12.1. The van der Waals surface area contributed by atoms with Crippen molar-refractivity contribution >= 4 is 0 Å². The summed E-state index contributed by atoms with van der Waals surface area (Å²) in [5.74, 6) is 0.275. The van der Waals surface area contributed by atoms with Crippen molar-refractivity contribution in [3.05, 3.63) is 65.7 Å². The van der Waals surface area contributed by atoms with Crippen LogP contribution in [0.4, 0.5) is 0 Å². The Balaban J connectivity index is 2.32. The highest BCUT2D eigenvalue weighted by molar-refractivity contribution is 5.33. The lowest BCUT2D eigenvalue weighted by Crippen LogP contribution is -2.05. The molecule has 0 bridgehead atoms. The van der Waals surface area contributed by atoms with Crippen LogP contribution in [-0.4, -0.2) is 11.7 Å². The summed E-state index contributed by atoms with van der Waals surface area (Å²) in [4.78, 5) is 0. The van der Waals surface area contributed by atoms with E-state index in [1.807, 2.05) is 49.4 Å². The predicted octanol–water partition coefficient (Wildman–Crippen LogP) is 3.52. The first kappa shape index (κ1) is 11.7. The van der Waals surface area contributed by atoms with Crippen molar-refractivity contribution in [1.29, 1.82) is 0 Å². The normalized spacial score (nSPS) is 12.3. The quantitative estimate of drug-likeness (QED) is 0.867. The smallest absolute Gasteiger partial charge is 0.115 e. The monoisotopic (exact) mass is 228 g/mol. The fourth-order valence-electron chi connectivity index (χ4n) is 1.83. The Morgan fingerprint density at radius 1 is 0.941 bits per heavy atom. The van der Waals surface area contributed by atoms with Gasteiger partial charge < -0.3 is 9.84 Å². The third-order valence-corrected chi connectivity index (χ3v) is 2.63. The largest absolute Gasteiger partial charge is 0.508 e. The summed E-state index contributed by atoms with van der Waals surface area (Å²) in [6, 6.07) is 17.2. The van der Waals surface area contributed by atoms with Gasteiger partial charge in [-0.15, -0.1) is 0 Å². The minimum absolute atomic E-state index is 0.0678. The van der Waals surface area contributed by atoms with Crippen molar-refractivity contribution in [3.8, 4) is 5.75 Å². The van der Waals surface area contributed by atoms with Crippen LogP contribution in [0, 0.1) is 0 Å². The molecule has 88 valence electrons. The maximum Gasteiger partial charge on any atom is 0.115 e. The summed E-state index contributed by atoms with van der Waals surface area (Å²) in [7, 11) is 0. The van der Waals surface area contributed by atoms with Gasteiger partial charge in [-0.1, -0.05) is 42.5 Å². The van der Waals surface area contributed by atoms with Gasteiger partial charge in [0, 0.05) is 6.61 Å². The number of phenolic OH excluding ortho intramolecular Hbond substituents is 1. The van der Waals surface area contributed by atoms with Crippen LogP contribution in [0.1, 0.15) is 24.2 Å². The molecule has 0 spiro atoms. The van der Waals surface area contributed by atoms with Crippen LogP contribution in [0.5, 0.6) is 5.75 Å². The molecule has 0 aromatic heterocycles. The molecule has 1 atom stereocenters. The average Bonchev–Trinajstić information content (AvgIpc) is 2.38. The molecule has 2 heteroatoms. The summed E-state index contributed by atoms with van der Waals surface area (Å²) < 4.78 is 5.77. The van der Waals surface area contributed by atoms with Crippen LogP contribution in [0.3, 0.4) is 0 Å². The molecular weight excluding hydrogens is 212 g/mol. The maximum absolute atomic E-state index is 9.30. The predicted molar refractivity (Wildman–Crippen MR) is 68.0 cm³/mol. The van der Waals surface area contributed by atoms with Gasteiger partial charge in [0.15, 0.2) is 0 Å². The van der Waals surface area contributed by atoms with Crippen molar-refractivity contribution in [2.24, 2.45) is 0 Å². The van der Waals surface area contributed by atoms with Crippen LogP contribution in [0.15, 0.2) is 54.6 Å². The number of ether oxygens (including phenoxy) is 1. The first-order chi connectivity index (χ1) is 8.31. The molecule has 0 saturated heterocycles. The third-order valence-electron chi connectivity index (χ3n) is 2.63. The van der Waals surface area contributed by atoms with Crippen molar-refractivity contribution in [3.63, 3.8) is 0 Å². The summed E-state index contributed by atoms with van der Waals surface area (Å²) in [5.41, 5.74) is 2.18. The summed E-state index contributed by atoms with van der Waals surface area (Å²) in [6.07, 6.45) is -0.0678. The molecule has 0 radical (unpaired) electrons. The van der Waals surface area contributed by atoms with Gasteiger partial charge in [-0.2, -0.15) is 0 Å². The van der Waals surface area contributed by atoms with Crippen LogP contribution < -0.4 is 0 Å². The van der Waals surface area contributed by atoms with Crippen molar-refractivity contribution < 1.29 is 9.84 Å². The van der Waals surface area contributed by atoms with Crippen molar-refractivity contribution in [2.45, 2.75) is 13.0 Å². The molecule has 0 aliphatic carbocycles. The molecule has 2 nitrogen and oxygen atoms in total.